The van der Waals surface area contributed by atoms with Gasteiger partial charge in [0.15, 0.2) is 6.10 Å². The van der Waals surface area contributed by atoms with Gasteiger partial charge in [0.25, 0.3) is 0 Å². The molecule has 4 N–H and O–H groups in total. The van der Waals surface area contributed by atoms with Crippen LogP contribution in [-0.2, 0) is 55.8 Å². The number of hydrogen-bond acceptors (Lipinski definition) is 14. The van der Waals surface area contributed by atoms with Crippen molar-refractivity contribution in [1.82, 2.24) is 0 Å². The van der Waals surface area contributed by atoms with Crippen LogP contribution >= 0.6 is 15.6 Å². The van der Waals surface area contributed by atoms with Crippen molar-refractivity contribution in [3.05, 3.63) is 194 Å². The van der Waals surface area contributed by atoms with Gasteiger partial charge < -0.3 is 34.2 Å². The number of unbranched alkanes of at least 4 members (excludes halogenated alkanes) is 20. The monoisotopic (exact) mass is 1530 g/mol. The molecule has 0 aliphatic carbocycles. The predicted molar refractivity (Wildman–Crippen MR) is 444 cm³/mol. The van der Waals surface area contributed by atoms with E-state index in [4.69, 9.17) is 32.3 Å². The minimum Gasteiger partial charge on any atom is -0.463 e. The molecule has 0 spiro atoms. The highest BCUT2D eigenvalue weighted by molar-refractivity contribution is 7.47. The van der Waals surface area contributed by atoms with Crippen molar-refractivity contribution in [2.24, 2.45) is 0 Å². The minimum absolute atomic E-state index is 0.0350. The van der Waals surface area contributed by atoms with Gasteiger partial charge in [-0.1, -0.05) is 318 Å². The number of carbonyl (C=O) groups excluding carboxylic acids is 3. The van der Waals surface area contributed by atoms with E-state index in [9.17, 15) is 43.5 Å². The van der Waals surface area contributed by atoms with Crippen molar-refractivity contribution in [2.75, 3.05) is 39.6 Å². The fourth-order valence-electron chi connectivity index (χ4n) is 10.2. The lowest BCUT2D eigenvalue weighted by Crippen LogP contribution is -2.30. The van der Waals surface area contributed by atoms with Crippen molar-refractivity contribution in [3.63, 3.8) is 0 Å². The van der Waals surface area contributed by atoms with Crippen LogP contribution in [0.15, 0.2) is 194 Å². The molecule has 107 heavy (non-hydrogen) atoms. The quantitative estimate of drug-likeness (QED) is 0.0146. The third-order valence-electron chi connectivity index (χ3n) is 16.3. The predicted octanol–water partition coefficient (Wildman–Crippen LogP) is 24.3. The number of phosphoric acid groups is 2. The third kappa shape index (κ3) is 81.2. The Labute approximate surface area is 648 Å². The molecule has 606 valence electrons. The lowest BCUT2D eigenvalue weighted by Gasteiger charge is -2.21. The van der Waals surface area contributed by atoms with Crippen LogP contribution in [0.2, 0.25) is 0 Å². The number of aliphatic hydroxyl groups is 2. The van der Waals surface area contributed by atoms with Gasteiger partial charge in [0.1, 0.15) is 25.4 Å². The van der Waals surface area contributed by atoms with Gasteiger partial charge >= 0.3 is 33.6 Å². The Hall–Kier alpha value is -5.61. The average Bonchev–Trinajstić information content (AvgIpc) is 0.907. The minimum atomic E-state index is -4.96. The fourth-order valence-corrected chi connectivity index (χ4v) is 11.8. The van der Waals surface area contributed by atoms with Crippen LogP contribution in [-0.4, -0.2) is 95.9 Å². The van der Waals surface area contributed by atoms with Crippen molar-refractivity contribution in [2.45, 2.75) is 309 Å². The first-order chi connectivity index (χ1) is 52.2. The van der Waals surface area contributed by atoms with Gasteiger partial charge in [0.05, 0.1) is 26.4 Å². The normalized spacial score (nSPS) is 14.9. The van der Waals surface area contributed by atoms with E-state index >= 15 is 0 Å². The fraction of sp³-hybridized carbons (Fsp3) is 0.607. The van der Waals surface area contributed by atoms with Crippen molar-refractivity contribution < 1.29 is 75.8 Å². The maximum Gasteiger partial charge on any atom is 0.472 e. The number of carbonyl (C=O) groups is 3. The zero-order chi connectivity index (χ0) is 78.0. The zero-order valence-electron chi connectivity index (χ0n) is 66.2. The molecular weight excluding hydrogens is 1390 g/mol. The van der Waals surface area contributed by atoms with Gasteiger partial charge in [-0.3, -0.25) is 32.5 Å². The Balaban J connectivity index is 4.58. The van der Waals surface area contributed by atoms with E-state index in [1.54, 1.807) is 0 Å². The molecule has 0 aromatic carbocycles. The number of allylic oxidation sites excluding steroid dienone is 32. The zero-order valence-corrected chi connectivity index (χ0v) is 68.0. The van der Waals surface area contributed by atoms with E-state index in [0.29, 0.717) is 25.7 Å². The van der Waals surface area contributed by atoms with Crippen LogP contribution in [0.5, 0.6) is 0 Å². The van der Waals surface area contributed by atoms with E-state index in [1.807, 2.05) is 18.2 Å². The summed E-state index contributed by atoms with van der Waals surface area (Å²) in [6, 6.07) is 0. The molecule has 0 saturated carbocycles. The molecule has 18 heteroatoms. The van der Waals surface area contributed by atoms with Crippen molar-refractivity contribution in [3.8, 4) is 0 Å². The second-order valence-corrected chi connectivity index (χ2v) is 29.3. The first kappa shape index (κ1) is 101. The number of hydrogen-bond donors (Lipinski definition) is 4. The first-order valence-electron chi connectivity index (χ1n) is 40.7. The van der Waals surface area contributed by atoms with Crippen LogP contribution in [0, 0.1) is 0 Å². The molecule has 0 rings (SSSR count). The molecule has 16 nitrogen and oxygen atoms in total. The highest BCUT2D eigenvalue weighted by Crippen LogP contribution is 2.45. The standard InChI is InChI=1S/C89H144O16P2/c1-4-7-10-13-16-19-22-25-28-31-34-35-36-37-38-39-40-41-42-43-44-45-46-47-50-52-54-57-60-63-66-69-72-75-87(92)99-78-84(90)79-101-106(95,96)102-80-85(91)81-103-107(97,98)104-83-86(105-89(94)77-74-71-68-65-62-59-56-53-49-33-30-27-24-21-18-15-12-9-6-3)82-100-88(93)76-73-70-67-64-61-58-55-51-48-32-29-26-23-20-17-14-11-8-5-2/h7-12,16-21,25-30,34-35,37-38,40-41,48-49,51,53,58,61,67,70,84-86,90-91H,4-6,13-15,22-24,31-33,36,39,42-47,50,52,54-57,59-60,62-66,68-69,71-83H2,1-3H3,(H,95,96)(H,97,98)/b10-7-,11-8-,12-9-,19-16-,20-17-,21-18-,28-25-,29-26-,30-27-,35-34-,38-37-,41-40-,51-48-,53-49-,61-58-,70-67-. The number of phosphoric ester groups is 2. The van der Waals surface area contributed by atoms with Gasteiger partial charge in [0, 0.05) is 19.3 Å². The Kier molecular flexibility index (Phi) is 75.7. The molecule has 0 saturated heterocycles. The van der Waals surface area contributed by atoms with Crippen LogP contribution < -0.4 is 0 Å². The summed E-state index contributed by atoms with van der Waals surface area (Å²) in [4.78, 5) is 58.7. The van der Waals surface area contributed by atoms with Crippen LogP contribution in [0.4, 0.5) is 0 Å². The van der Waals surface area contributed by atoms with E-state index in [-0.39, 0.29) is 19.3 Å². The molecule has 0 aromatic heterocycles. The van der Waals surface area contributed by atoms with E-state index in [1.165, 1.54) is 64.2 Å². The molecule has 0 aromatic rings. The van der Waals surface area contributed by atoms with E-state index in [2.05, 4.69) is 197 Å². The molecule has 0 fully saturated rings. The molecular formula is C89H144O16P2. The first-order valence-corrected chi connectivity index (χ1v) is 43.7. The number of aliphatic hydroxyl groups excluding tert-OH is 2. The summed E-state index contributed by atoms with van der Waals surface area (Å²) in [5, 5.41) is 20.7. The molecule has 0 heterocycles. The highest BCUT2D eigenvalue weighted by atomic mass is 31.2. The molecule has 0 amide bonds. The summed E-state index contributed by atoms with van der Waals surface area (Å²) in [5.74, 6) is -1.70. The number of esters is 3. The average molecular weight is 1530 g/mol. The van der Waals surface area contributed by atoms with Gasteiger partial charge in [-0.25, -0.2) is 9.13 Å². The molecule has 0 aliphatic rings. The summed E-state index contributed by atoms with van der Waals surface area (Å²) in [7, 11) is -9.83. The molecule has 0 aliphatic heterocycles. The van der Waals surface area contributed by atoms with E-state index < -0.39 is 91.5 Å². The Bertz CT molecular complexity index is 2720. The van der Waals surface area contributed by atoms with Crippen LogP contribution in [0.25, 0.3) is 0 Å². The molecule has 0 bridgehead atoms. The molecule has 0 radical (unpaired) electrons. The summed E-state index contributed by atoms with van der Waals surface area (Å²) in [6.45, 7) is 2.22. The van der Waals surface area contributed by atoms with E-state index in [0.717, 1.165) is 161 Å². The maximum atomic E-state index is 13.0. The Morgan fingerprint density at radius 1 is 0.262 bits per heavy atom. The summed E-state index contributed by atoms with van der Waals surface area (Å²) >= 11 is 0. The van der Waals surface area contributed by atoms with Crippen LogP contribution in [0.1, 0.15) is 290 Å². The summed E-state index contributed by atoms with van der Waals surface area (Å²) in [6.07, 6.45) is 105. The lowest BCUT2D eigenvalue weighted by atomic mass is 10.0. The topological polar surface area (TPSA) is 231 Å². The Morgan fingerprint density at radius 3 is 0.794 bits per heavy atom. The van der Waals surface area contributed by atoms with Crippen molar-refractivity contribution >= 4 is 33.6 Å². The third-order valence-corrected chi connectivity index (χ3v) is 18.2. The largest absolute Gasteiger partial charge is 0.472 e. The summed E-state index contributed by atoms with van der Waals surface area (Å²) in [5.41, 5.74) is 0. The second-order valence-electron chi connectivity index (χ2n) is 26.4. The maximum absolute atomic E-state index is 13.0. The van der Waals surface area contributed by atoms with Gasteiger partial charge in [-0.2, -0.15) is 0 Å². The number of ether oxygens (including phenoxy) is 3. The van der Waals surface area contributed by atoms with Gasteiger partial charge in [-0.05, 0) is 148 Å². The highest BCUT2D eigenvalue weighted by Gasteiger charge is 2.29. The van der Waals surface area contributed by atoms with Crippen LogP contribution in [0.3, 0.4) is 0 Å². The van der Waals surface area contributed by atoms with Gasteiger partial charge in [-0.15, -0.1) is 0 Å². The molecule has 5 atom stereocenters. The van der Waals surface area contributed by atoms with Crippen molar-refractivity contribution in [1.29, 1.82) is 0 Å². The summed E-state index contributed by atoms with van der Waals surface area (Å²) < 4.78 is 61.1. The SMILES string of the molecule is CC/C=C\C/C=C\C/C=C\C/C=C\C/C=C\C/C=C\CCCCCCCCCCCCCCCCC(=O)OCC(O)COP(=O)(O)OCC(O)COP(=O)(O)OCC(COC(=O)CC/C=C\C/C=C\C/C=C\C/C=C\C/C=C\C/C=C\CC)OC(=O)CCCCCCCC/C=C\C/C=C\C/C=C\C/C=C\CC. The second kappa shape index (κ2) is 79.9. The Morgan fingerprint density at radius 2 is 0.486 bits per heavy atom. The lowest BCUT2D eigenvalue weighted by molar-refractivity contribution is -0.161. The van der Waals surface area contributed by atoms with Gasteiger partial charge in [0.2, 0.25) is 0 Å². The smallest absolute Gasteiger partial charge is 0.463 e. The number of rotatable bonds is 75. The molecule has 5 unspecified atom stereocenters.